The van der Waals surface area contributed by atoms with Crippen molar-refractivity contribution in [2.24, 2.45) is 14.1 Å². The molecule has 7 heteroatoms. The lowest BCUT2D eigenvalue weighted by molar-refractivity contribution is 0.703. The highest BCUT2D eigenvalue weighted by atomic mass is 16.2. The Hall–Kier alpha value is -2.83. The van der Waals surface area contributed by atoms with Crippen molar-refractivity contribution in [1.29, 1.82) is 0 Å². The molecule has 126 valence electrons. The molecule has 0 saturated carbocycles. The molecular weight excluding hydrogens is 306 g/mol. The molecule has 0 radical (unpaired) electrons. The van der Waals surface area contributed by atoms with E-state index in [9.17, 15) is 9.59 Å². The maximum absolute atomic E-state index is 12.6. The second-order valence-electron chi connectivity index (χ2n) is 5.81. The number of aromatic nitrogens is 4. The predicted octanol–water partition coefficient (Wildman–Crippen LogP) is 1.13. The number of fused-ring (bicyclic) bond motifs is 1. The van der Waals surface area contributed by atoms with Crippen LogP contribution < -0.4 is 16.7 Å². The van der Waals surface area contributed by atoms with Crippen LogP contribution in [0.15, 0.2) is 39.9 Å². The van der Waals surface area contributed by atoms with E-state index in [1.165, 1.54) is 11.6 Å². The largest absolute Gasteiger partial charge is 0.332 e. The molecule has 0 unspecified atom stereocenters. The quantitative estimate of drug-likeness (QED) is 0.762. The molecule has 0 saturated heterocycles. The van der Waals surface area contributed by atoms with Crippen molar-refractivity contribution >= 4 is 11.2 Å². The van der Waals surface area contributed by atoms with E-state index in [4.69, 9.17) is 0 Å². The van der Waals surface area contributed by atoms with Crippen molar-refractivity contribution in [3.8, 4) is 0 Å². The second kappa shape index (κ2) is 6.35. The molecule has 2 heterocycles. The molecule has 0 aliphatic rings. The maximum Gasteiger partial charge on any atom is 0.332 e. The van der Waals surface area contributed by atoms with Crippen molar-refractivity contribution in [1.82, 2.24) is 18.8 Å². The molecule has 0 amide bonds. The van der Waals surface area contributed by atoms with Gasteiger partial charge in [-0.15, -0.1) is 0 Å². The Morgan fingerprint density at radius 3 is 2.46 bits per heavy atom. The molecule has 0 aliphatic heterocycles. The monoisotopic (exact) mass is 327 g/mol. The van der Waals surface area contributed by atoms with Gasteiger partial charge in [-0.1, -0.05) is 37.3 Å². The Balaban J connectivity index is 2.15. The van der Waals surface area contributed by atoms with Gasteiger partial charge in [0.2, 0.25) is 0 Å². The van der Waals surface area contributed by atoms with Gasteiger partial charge in [0.05, 0.1) is 6.54 Å². The summed E-state index contributed by atoms with van der Waals surface area (Å²) in [6, 6.07) is 9.93. The summed E-state index contributed by atoms with van der Waals surface area (Å²) in [5, 5.41) is 0. The van der Waals surface area contributed by atoms with Gasteiger partial charge in [-0.05, 0) is 12.0 Å². The number of aryl methyl sites for hydroxylation is 2. The third kappa shape index (κ3) is 2.62. The zero-order chi connectivity index (χ0) is 17.3. The van der Waals surface area contributed by atoms with Gasteiger partial charge >= 0.3 is 5.69 Å². The molecule has 1 aromatic carbocycles. The average Bonchev–Trinajstić information content (AvgIpc) is 2.96. The lowest BCUT2D eigenvalue weighted by atomic mass is 10.2. The Kier molecular flexibility index (Phi) is 4.24. The summed E-state index contributed by atoms with van der Waals surface area (Å²) in [5.74, 6) is 0.752. The van der Waals surface area contributed by atoms with Crippen LogP contribution in [0.3, 0.4) is 0 Å². The number of nitrogens with one attached hydrogen (secondary N) is 1. The van der Waals surface area contributed by atoms with Crippen molar-refractivity contribution in [2.75, 3.05) is 5.43 Å². The first-order valence-electron chi connectivity index (χ1n) is 7.99. The lowest BCUT2D eigenvalue weighted by Crippen LogP contribution is -2.38. The van der Waals surface area contributed by atoms with E-state index in [1.54, 1.807) is 11.7 Å². The number of benzene rings is 1. The molecule has 0 atom stereocenters. The second-order valence-corrected chi connectivity index (χ2v) is 5.81. The van der Waals surface area contributed by atoms with Crippen LogP contribution in [0.2, 0.25) is 0 Å². The summed E-state index contributed by atoms with van der Waals surface area (Å²) in [5.41, 5.74) is 4.47. The van der Waals surface area contributed by atoms with E-state index in [1.807, 2.05) is 30.3 Å². The molecule has 0 spiro atoms. The first kappa shape index (κ1) is 16.0. The van der Waals surface area contributed by atoms with Gasteiger partial charge in [-0.25, -0.2) is 14.5 Å². The number of hydrogen-bond donors (Lipinski definition) is 1. The van der Waals surface area contributed by atoms with Gasteiger partial charge in [0.15, 0.2) is 11.2 Å². The van der Waals surface area contributed by atoms with Crippen LogP contribution >= 0.6 is 0 Å². The first-order valence-corrected chi connectivity index (χ1v) is 7.99. The van der Waals surface area contributed by atoms with Gasteiger partial charge in [0.1, 0.15) is 5.82 Å². The molecule has 1 N–H and O–H groups in total. The van der Waals surface area contributed by atoms with Crippen LogP contribution in [0.1, 0.15) is 24.7 Å². The van der Waals surface area contributed by atoms with E-state index in [0.717, 1.165) is 22.4 Å². The summed E-state index contributed by atoms with van der Waals surface area (Å²) < 4.78 is 4.25. The summed E-state index contributed by atoms with van der Waals surface area (Å²) >= 11 is 0. The van der Waals surface area contributed by atoms with Crippen molar-refractivity contribution in [3.05, 3.63) is 62.6 Å². The third-order valence-electron chi connectivity index (χ3n) is 4.08. The van der Waals surface area contributed by atoms with E-state index in [-0.39, 0.29) is 11.2 Å². The Bertz CT molecular complexity index is 982. The number of imidazole rings is 1. The predicted molar refractivity (Wildman–Crippen MR) is 93.7 cm³/mol. The zero-order valence-corrected chi connectivity index (χ0v) is 14.1. The first-order chi connectivity index (χ1) is 11.5. The van der Waals surface area contributed by atoms with Crippen LogP contribution in [-0.2, 0) is 27.1 Å². The Morgan fingerprint density at radius 1 is 1.08 bits per heavy atom. The molecule has 0 aliphatic carbocycles. The van der Waals surface area contributed by atoms with E-state index < -0.39 is 0 Å². The SMILES string of the molecule is CCCc1nc2c(c(=O)n(C)c(=O)n2C)n1NCc1ccccc1. The summed E-state index contributed by atoms with van der Waals surface area (Å²) in [6.45, 7) is 2.62. The number of rotatable bonds is 5. The number of nitrogens with zero attached hydrogens (tertiary/aromatic N) is 4. The highest BCUT2D eigenvalue weighted by molar-refractivity contribution is 5.71. The van der Waals surface area contributed by atoms with E-state index in [2.05, 4.69) is 17.3 Å². The fourth-order valence-electron chi connectivity index (χ4n) is 2.77. The average molecular weight is 327 g/mol. The van der Waals surface area contributed by atoms with Crippen molar-refractivity contribution < 1.29 is 0 Å². The van der Waals surface area contributed by atoms with E-state index in [0.29, 0.717) is 24.1 Å². The van der Waals surface area contributed by atoms with E-state index >= 15 is 0 Å². The van der Waals surface area contributed by atoms with Crippen LogP contribution in [0.25, 0.3) is 11.2 Å². The van der Waals surface area contributed by atoms with Crippen molar-refractivity contribution in [3.63, 3.8) is 0 Å². The van der Waals surface area contributed by atoms with Crippen LogP contribution in [0, 0.1) is 0 Å². The topological polar surface area (TPSA) is 73.8 Å². The Labute approximate surface area is 139 Å². The van der Waals surface area contributed by atoms with Crippen LogP contribution in [0.5, 0.6) is 0 Å². The minimum absolute atomic E-state index is 0.344. The minimum Gasteiger partial charge on any atom is -0.319 e. The fourth-order valence-corrected chi connectivity index (χ4v) is 2.77. The van der Waals surface area contributed by atoms with Gasteiger partial charge in [0.25, 0.3) is 5.56 Å². The highest BCUT2D eigenvalue weighted by Crippen LogP contribution is 2.12. The standard InChI is InChI=1S/C17H21N5O2/c1-4-8-13-19-15-14(16(23)21(3)17(24)20(15)2)22(13)18-11-12-9-6-5-7-10-12/h5-7,9-10,18H,4,8,11H2,1-3H3. The summed E-state index contributed by atoms with van der Waals surface area (Å²) in [4.78, 5) is 29.2. The lowest BCUT2D eigenvalue weighted by Gasteiger charge is -2.12. The van der Waals surface area contributed by atoms with Gasteiger partial charge in [-0.3, -0.25) is 13.9 Å². The van der Waals surface area contributed by atoms with Gasteiger partial charge in [-0.2, -0.15) is 0 Å². The Morgan fingerprint density at radius 2 is 1.79 bits per heavy atom. The molecular formula is C17H21N5O2. The minimum atomic E-state index is -0.372. The molecule has 7 nitrogen and oxygen atoms in total. The zero-order valence-electron chi connectivity index (χ0n) is 14.1. The molecule has 3 aromatic rings. The molecule has 3 rings (SSSR count). The fraction of sp³-hybridized carbons (Fsp3) is 0.353. The smallest absolute Gasteiger partial charge is 0.319 e. The molecule has 24 heavy (non-hydrogen) atoms. The van der Waals surface area contributed by atoms with Gasteiger partial charge in [0, 0.05) is 20.5 Å². The molecule has 0 fully saturated rings. The van der Waals surface area contributed by atoms with Crippen LogP contribution in [-0.4, -0.2) is 18.8 Å². The summed E-state index contributed by atoms with van der Waals surface area (Å²) in [6.07, 6.45) is 1.61. The third-order valence-corrected chi connectivity index (χ3v) is 4.08. The maximum atomic E-state index is 12.6. The molecule has 2 aromatic heterocycles. The normalized spacial score (nSPS) is 11.1. The number of hydrogen-bond acceptors (Lipinski definition) is 4. The van der Waals surface area contributed by atoms with Crippen LogP contribution in [0.4, 0.5) is 0 Å². The molecule has 0 bridgehead atoms. The van der Waals surface area contributed by atoms with Crippen molar-refractivity contribution in [2.45, 2.75) is 26.3 Å². The summed E-state index contributed by atoms with van der Waals surface area (Å²) in [7, 11) is 3.12. The van der Waals surface area contributed by atoms with Gasteiger partial charge < -0.3 is 5.43 Å². The highest BCUT2D eigenvalue weighted by Gasteiger charge is 2.18.